The highest BCUT2D eigenvalue weighted by Crippen LogP contribution is 2.30. The van der Waals surface area contributed by atoms with Gasteiger partial charge in [-0.1, -0.05) is 24.4 Å². The Morgan fingerprint density at radius 3 is 2.65 bits per heavy atom. The van der Waals surface area contributed by atoms with Crippen LogP contribution in [0.1, 0.15) is 37.8 Å². The van der Waals surface area contributed by atoms with Gasteiger partial charge in [0.15, 0.2) is 5.84 Å². The van der Waals surface area contributed by atoms with Crippen LogP contribution in [0.15, 0.2) is 16.2 Å². The molecule has 1 aliphatic rings. The van der Waals surface area contributed by atoms with Crippen LogP contribution in [0.5, 0.6) is 0 Å². The van der Waals surface area contributed by atoms with Gasteiger partial charge >= 0.3 is 0 Å². The van der Waals surface area contributed by atoms with Crippen molar-refractivity contribution in [3.8, 4) is 0 Å². The van der Waals surface area contributed by atoms with E-state index >= 15 is 0 Å². The van der Waals surface area contributed by atoms with E-state index < -0.39 is 15.6 Å². The number of nitrogens with one attached hydrogen (secondary N) is 2. The van der Waals surface area contributed by atoms with Gasteiger partial charge in [0.1, 0.15) is 4.90 Å². The van der Waals surface area contributed by atoms with Gasteiger partial charge in [0, 0.05) is 0 Å². The van der Waals surface area contributed by atoms with Crippen LogP contribution in [0.2, 0.25) is 0 Å². The van der Waals surface area contributed by atoms with Gasteiger partial charge in [-0.25, -0.2) is 8.42 Å². The van der Waals surface area contributed by atoms with Gasteiger partial charge in [0.05, 0.1) is 17.4 Å². The minimum absolute atomic E-state index is 0.0770. The van der Waals surface area contributed by atoms with Gasteiger partial charge in [-0.15, -0.1) is 0 Å². The molecule has 1 fully saturated rings. The normalized spacial score (nSPS) is 19.9. The Kier molecular flexibility index (Phi) is 4.00. The van der Waals surface area contributed by atoms with Crippen LogP contribution >= 0.6 is 0 Å². The molecule has 2 rings (SSSR count). The second kappa shape index (κ2) is 5.41. The fourth-order valence-electron chi connectivity index (χ4n) is 2.58. The molecule has 0 amide bonds. The third-order valence-corrected chi connectivity index (χ3v) is 5.36. The first-order chi connectivity index (χ1) is 9.41. The number of aromatic nitrogens is 2. The molecule has 0 aliphatic heterocycles. The number of nitrogens with two attached hydrogens (primary N) is 1. The van der Waals surface area contributed by atoms with Crippen molar-refractivity contribution in [1.29, 1.82) is 0 Å². The van der Waals surface area contributed by atoms with Gasteiger partial charge < -0.3 is 10.9 Å². The summed E-state index contributed by atoms with van der Waals surface area (Å²) in [6.07, 6.45) is 4.93. The molecule has 0 unspecified atom stereocenters. The quantitative estimate of drug-likeness (QED) is 0.277. The first-order valence-corrected chi connectivity index (χ1v) is 7.91. The van der Waals surface area contributed by atoms with Gasteiger partial charge in [-0.3, -0.25) is 5.10 Å². The van der Waals surface area contributed by atoms with Gasteiger partial charge in [0.2, 0.25) is 10.0 Å². The zero-order valence-corrected chi connectivity index (χ0v) is 12.1. The minimum atomic E-state index is -3.78. The van der Waals surface area contributed by atoms with E-state index in [1.165, 1.54) is 6.20 Å². The summed E-state index contributed by atoms with van der Waals surface area (Å²) >= 11 is 0. The third kappa shape index (κ3) is 2.63. The largest absolute Gasteiger partial charge is 0.409 e. The van der Waals surface area contributed by atoms with E-state index in [2.05, 4.69) is 20.1 Å². The minimum Gasteiger partial charge on any atom is -0.409 e. The van der Waals surface area contributed by atoms with Crippen molar-refractivity contribution in [2.45, 2.75) is 49.5 Å². The summed E-state index contributed by atoms with van der Waals surface area (Å²) in [6, 6.07) is 0. The molecule has 1 aromatic heterocycles. The summed E-state index contributed by atoms with van der Waals surface area (Å²) in [6.45, 7) is 1.62. The van der Waals surface area contributed by atoms with Crippen molar-refractivity contribution < 1.29 is 13.6 Å². The maximum Gasteiger partial charge on any atom is 0.244 e. The number of oxime groups is 1. The average molecular weight is 301 g/mol. The summed E-state index contributed by atoms with van der Waals surface area (Å²) in [5.41, 5.74) is 5.16. The van der Waals surface area contributed by atoms with Crippen LogP contribution in [-0.4, -0.2) is 35.2 Å². The van der Waals surface area contributed by atoms with Gasteiger partial charge in [-0.05, 0) is 19.8 Å². The number of hydrogen-bond acceptors (Lipinski definition) is 5. The Hall–Kier alpha value is -1.61. The zero-order valence-electron chi connectivity index (χ0n) is 11.3. The summed E-state index contributed by atoms with van der Waals surface area (Å²) < 4.78 is 27.5. The van der Waals surface area contributed by atoms with Crippen molar-refractivity contribution >= 4 is 15.9 Å². The van der Waals surface area contributed by atoms with E-state index in [1.54, 1.807) is 6.92 Å². The SMILES string of the molecule is Cc1[nH]ncc1S(=O)(=O)NC1(/C(N)=N/O)CCCCC1. The predicted octanol–water partition coefficient (Wildman–Crippen LogP) is 0.446. The van der Waals surface area contributed by atoms with E-state index in [-0.39, 0.29) is 10.7 Å². The Labute approximate surface area is 117 Å². The van der Waals surface area contributed by atoms with Crippen molar-refractivity contribution in [3.63, 3.8) is 0 Å². The Morgan fingerprint density at radius 1 is 1.50 bits per heavy atom. The molecule has 0 spiro atoms. The summed E-state index contributed by atoms with van der Waals surface area (Å²) in [4.78, 5) is 0.0770. The maximum absolute atomic E-state index is 12.4. The molecule has 1 heterocycles. The molecule has 0 saturated heterocycles. The van der Waals surface area contributed by atoms with Crippen molar-refractivity contribution in [3.05, 3.63) is 11.9 Å². The monoisotopic (exact) mass is 301 g/mol. The topological polar surface area (TPSA) is 133 Å². The molecule has 8 nitrogen and oxygen atoms in total. The second-order valence-corrected chi connectivity index (χ2v) is 6.74. The van der Waals surface area contributed by atoms with Crippen LogP contribution in [0.4, 0.5) is 0 Å². The number of nitrogens with zero attached hydrogens (tertiary/aromatic N) is 2. The molecule has 20 heavy (non-hydrogen) atoms. The summed E-state index contributed by atoms with van der Waals surface area (Å²) in [5.74, 6) is -0.0954. The number of hydrogen-bond donors (Lipinski definition) is 4. The summed E-state index contributed by atoms with van der Waals surface area (Å²) in [5, 5.41) is 18.3. The molecule has 0 atom stereocenters. The van der Waals surface area contributed by atoms with Crippen LogP contribution in [0.3, 0.4) is 0 Å². The highest BCUT2D eigenvalue weighted by atomic mass is 32.2. The molecule has 9 heteroatoms. The molecular weight excluding hydrogens is 282 g/mol. The number of H-pyrrole nitrogens is 1. The molecule has 5 N–H and O–H groups in total. The fourth-order valence-corrected chi connectivity index (χ4v) is 4.16. The molecule has 0 bridgehead atoms. The van der Waals surface area contributed by atoms with Crippen LogP contribution in [-0.2, 0) is 10.0 Å². The first kappa shape index (κ1) is 14.8. The molecule has 1 saturated carbocycles. The lowest BCUT2D eigenvalue weighted by atomic mass is 9.82. The lowest BCUT2D eigenvalue weighted by Crippen LogP contribution is -2.58. The number of aromatic amines is 1. The van der Waals surface area contributed by atoms with Crippen molar-refractivity contribution in [2.24, 2.45) is 10.9 Å². The van der Waals surface area contributed by atoms with E-state index in [4.69, 9.17) is 10.9 Å². The highest BCUT2D eigenvalue weighted by Gasteiger charge is 2.41. The first-order valence-electron chi connectivity index (χ1n) is 6.43. The van der Waals surface area contributed by atoms with Gasteiger partial charge in [0.25, 0.3) is 0 Å². The fraction of sp³-hybridized carbons (Fsp3) is 0.636. The standard InChI is InChI=1S/C11H19N5O3S/c1-8-9(7-13-14-8)20(18,19)16-11(10(12)15-17)5-3-2-4-6-11/h7,16-17H,2-6H2,1H3,(H2,12,15)(H,13,14). The molecular formula is C11H19N5O3S. The molecule has 1 aliphatic carbocycles. The van der Waals surface area contributed by atoms with Crippen molar-refractivity contribution in [2.75, 3.05) is 0 Å². The van der Waals surface area contributed by atoms with E-state index in [9.17, 15) is 8.42 Å². The number of amidine groups is 1. The van der Waals surface area contributed by atoms with Crippen molar-refractivity contribution in [1.82, 2.24) is 14.9 Å². The Balaban J connectivity index is 2.36. The average Bonchev–Trinajstić information content (AvgIpc) is 2.85. The van der Waals surface area contributed by atoms with Crippen LogP contribution < -0.4 is 10.5 Å². The van der Waals surface area contributed by atoms with Crippen LogP contribution in [0.25, 0.3) is 0 Å². The third-order valence-electron chi connectivity index (χ3n) is 3.71. The maximum atomic E-state index is 12.4. The Morgan fingerprint density at radius 2 is 2.15 bits per heavy atom. The number of rotatable bonds is 4. The molecule has 0 radical (unpaired) electrons. The van der Waals surface area contributed by atoms with E-state index in [0.717, 1.165) is 19.3 Å². The molecule has 0 aromatic carbocycles. The highest BCUT2D eigenvalue weighted by molar-refractivity contribution is 7.89. The molecule has 1 aromatic rings. The predicted molar refractivity (Wildman–Crippen MR) is 72.9 cm³/mol. The Bertz CT molecular complexity index is 601. The number of sulfonamides is 1. The van der Waals surface area contributed by atoms with Gasteiger partial charge in [-0.2, -0.15) is 9.82 Å². The smallest absolute Gasteiger partial charge is 0.244 e. The van der Waals surface area contributed by atoms with E-state index in [1.807, 2.05) is 0 Å². The zero-order chi connectivity index (χ0) is 14.8. The lowest BCUT2D eigenvalue weighted by molar-refractivity contribution is 0.294. The van der Waals surface area contributed by atoms with Crippen LogP contribution in [0, 0.1) is 6.92 Å². The number of aryl methyl sites for hydroxylation is 1. The lowest BCUT2D eigenvalue weighted by Gasteiger charge is -2.36. The second-order valence-electron chi connectivity index (χ2n) is 5.09. The summed E-state index contributed by atoms with van der Waals surface area (Å²) in [7, 11) is -3.78. The van der Waals surface area contributed by atoms with E-state index in [0.29, 0.717) is 18.5 Å². The molecule has 112 valence electrons.